The van der Waals surface area contributed by atoms with Gasteiger partial charge in [-0.3, -0.25) is 0 Å². The zero-order chi connectivity index (χ0) is 13.7. The van der Waals surface area contributed by atoms with Gasteiger partial charge >= 0.3 is 0 Å². The Morgan fingerprint density at radius 3 is 2.74 bits per heavy atom. The van der Waals surface area contributed by atoms with E-state index >= 15 is 0 Å². The molecular formula is C14H16FN3O. The minimum Gasteiger partial charge on any atom is -0.388 e. The number of rotatable bonds is 5. The Morgan fingerprint density at radius 2 is 2.05 bits per heavy atom. The molecule has 1 unspecified atom stereocenters. The molecule has 4 nitrogen and oxygen atoms in total. The molecule has 2 N–H and O–H groups in total. The number of aliphatic hydroxyl groups is 1. The maximum atomic E-state index is 12.8. The van der Waals surface area contributed by atoms with Crippen molar-refractivity contribution in [3.8, 4) is 0 Å². The van der Waals surface area contributed by atoms with Gasteiger partial charge in [0.1, 0.15) is 18.0 Å². The number of nitrogens with one attached hydrogen (secondary N) is 1. The maximum absolute atomic E-state index is 12.8. The Bertz CT molecular complexity index is 530. The topological polar surface area (TPSA) is 58.0 Å². The van der Waals surface area contributed by atoms with Crippen molar-refractivity contribution in [2.24, 2.45) is 0 Å². The summed E-state index contributed by atoms with van der Waals surface area (Å²) in [5, 5.41) is 13.1. The Labute approximate surface area is 111 Å². The van der Waals surface area contributed by atoms with Gasteiger partial charge in [-0.25, -0.2) is 14.4 Å². The highest BCUT2D eigenvalue weighted by Gasteiger charge is 2.13. The van der Waals surface area contributed by atoms with E-state index in [0.717, 1.165) is 6.42 Å². The molecule has 0 spiro atoms. The van der Waals surface area contributed by atoms with Crippen LogP contribution in [0, 0.1) is 5.82 Å². The molecule has 5 heteroatoms. The summed E-state index contributed by atoms with van der Waals surface area (Å²) in [4.78, 5) is 8.06. The normalized spacial score (nSPS) is 12.2. The summed E-state index contributed by atoms with van der Waals surface area (Å²) in [5.74, 6) is 0.252. The minimum atomic E-state index is -0.603. The van der Waals surface area contributed by atoms with Crippen LogP contribution in [0.4, 0.5) is 15.9 Å². The maximum Gasteiger partial charge on any atom is 0.139 e. The first-order chi connectivity index (χ1) is 9.20. The molecule has 0 aliphatic carbocycles. The molecule has 0 amide bonds. The van der Waals surface area contributed by atoms with Crippen molar-refractivity contribution in [1.82, 2.24) is 9.97 Å². The van der Waals surface area contributed by atoms with E-state index in [4.69, 9.17) is 0 Å². The predicted octanol–water partition coefficient (Wildman–Crippen LogP) is 3.19. The molecule has 100 valence electrons. The van der Waals surface area contributed by atoms with Crippen LogP contribution in [0.5, 0.6) is 0 Å². The summed E-state index contributed by atoms with van der Waals surface area (Å²) >= 11 is 0. The highest BCUT2D eigenvalue weighted by Crippen LogP contribution is 2.25. The Hall–Kier alpha value is -2.01. The van der Waals surface area contributed by atoms with Crippen LogP contribution in [0.2, 0.25) is 0 Å². The molecular weight excluding hydrogens is 245 g/mol. The van der Waals surface area contributed by atoms with Crippen LogP contribution < -0.4 is 5.32 Å². The molecule has 0 aliphatic heterocycles. The van der Waals surface area contributed by atoms with Gasteiger partial charge in [0.05, 0.1) is 6.10 Å². The van der Waals surface area contributed by atoms with Crippen LogP contribution >= 0.6 is 0 Å². The fourth-order valence-corrected chi connectivity index (χ4v) is 1.79. The number of halogens is 1. The number of aromatic nitrogens is 2. The third-order valence-electron chi connectivity index (χ3n) is 2.77. The molecule has 0 saturated carbocycles. The van der Waals surface area contributed by atoms with E-state index < -0.39 is 6.10 Å². The van der Waals surface area contributed by atoms with E-state index in [9.17, 15) is 9.50 Å². The Balaban J connectivity index is 2.22. The third kappa shape index (κ3) is 3.48. The van der Waals surface area contributed by atoms with Crippen molar-refractivity contribution < 1.29 is 9.50 Å². The van der Waals surface area contributed by atoms with Gasteiger partial charge in [-0.1, -0.05) is 13.3 Å². The van der Waals surface area contributed by atoms with Gasteiger partial charge in [0, 0.05) is 17.4 Å². The minimum absolute atomic E-state index is 0.292. The average Bonchev–Trinajstić information content (AvgIpc) is 2.42. The van der Waals surface area contributed by atoms with Gasteiger partial charge in [0.15, 0.2) is 0 Å². The van der Waals surface area contributed by atoms with Crippen LogP contribution in [-0.4, -0.2) is 15.1 Å². The molecule has 1 aromatic carbocycles. The number of anilines is 2. The Morgan fingerprint density at radius 1 is 1.32 bits per heavy atom. The Kier molecular flexibility index (Phi) is 4.41. The quantitative estimate of drug-likeness (QED) is 0.867. The highest BCUT2D eigenvalue weighted by atomic mass is 19.1. The summed E-state index contributed by atoms with van der Waals surface area (Å²) in [5.41, 5.74) is 1.36. The summed E-state index contributed by atoms with van der Waals surface area (Å²) < 4.78 is 12.8. The lowest BCUT2D eigenvalue weighted by molar-refractivity contribution is 0.166. The number of benzene rings is 1. The second-order valence-corrected chi connectivity index (χ2v) is 4.26. The van der Waals surface area contributed by atoms with Gasteiger partial charge < -0.3 is 10.4 Å². The van der Waals surface area contributed by atoms with Gasteiger partial charge in [-0.15, -0.1) is 0 Å². The van der Waals surface area contributed by atoms with E-state index in [1.54, 1.807) is 18.3 Å². The average molecular weight is 261 g/mol. The number of hydrogen-bond acceptors (Lipinski definition) is 4. The van der Waals surface area contributed by atoms with Crippen molar-refractivity contribution >= 4 is 11.5 Å². The van der Waals surface area contributed by atoms with E-state index in [1.807, 2.05) is 6.92 Å². The second-order valence-electron chi connectivity index (χ2n) is 4.26. The summed E-state index contributed by atoms with van der Waals surface area (Å²) in [7, 11) is 0. The van der Waals surface area contributed by atoms with Crippen LogP contribution in [0.1, 0.15) is 31.4 Å². The van der Waals surface area contributed by atoms with E-state index in [2.05, 4.69) is 15.3 Å². The lowest BCUT2D eigenvalue weighted by Crippen LogP contribution is -2.05. The van der Waals surface area contributed by atoms with Gasteiger partial charge in [0.25, 0.3) is 0 Å². The molecule has 0 bridgehead atoms. The zero-order valence-corrected chi connectivity index (χ0v) is 10.7. The first kappa shape index (κ1) is 13.4. The second kappa shape index (κ2) is 6.24. The van der Waals surface area contributed by atoms with Crippen molar-refractivity contribution in [3.63, 3.8) is 0 Å². The van der Waals surface area contributed by atoms with Gasteiger partial charge in [0.2, 0.25) is 0 Å². The summed E-state index contributed by atoms with van der Waals surface area (Å²) in [6.07, 6.45) is 3.92. The molecule has 0 radical (unpaired) electrons. The fraction of sp³-hybridized carbons (Fsp3) is 0.286. The van der Waals surface area contributed by atoms with Crippen molar-refractivity contribution in [2.75, 3.05) is 5.32 Å². The zero-order valence-electron chi connectivity index (χ0n) is 10.7. The summed E-state index contributed by atoms with van der Waals surface area (Å²) in [6, 6.07) is 5.97. The predicted molar refractivity (Wildman–Crippen MR) is 71.6 cm³/mol. The summed E-state index contributed by atoms with van der Waals surface area (Å²) in [6.45, 7) is 2.00. The van der Waals surface area contributed by atoms with Crippen LogP contribution in [0.3, 0.4) is 0 Å². The number of aliphatic hydroxyl groups excluding tert-OH is 1. The molecule has 2 aromatic rings. The standard InChI is InChI=1S/C14H16FN3O/c1-2-3-13(19)12-8-16-9-17-14(12)18-11-6-4-10(15)5-7-11/h4-9,13,19H,2-3H2,1H3,(H,16,17,18). The van der Waals surface area contributed by atoms with Crippen LogP contribution in [-0.2, 0) is 0 Å². The molecule has 1 heterocycles. The monoisotopic (exact) mass is 261 g/mol. The first-order valence-electron chi connectivity index (χ1n) is 6.21. The largest absolute Gasteiger partial charge is 0.388 e. The molecule has 19 heavy (non-hydrogen) atoms. The van der Waals surface area contributed by atoms with Crippen LogP contribution in [0.15, 0.2) is 36.8 Å². The van der Waals surface area contributed by atoms with Crippen molar-refractivity contribution in [3.05, 3.63) is 48.2 Å². The van der Waals surface area contributed by atoms with Gasteiger partial charge in [-0.05, 0) is 30.7 Å². The highest BCUT2D eigenvalue weighted by molar-refractivity contribution is 5.59. The lowest BCUT2D eigenvalue weighted by Gasteiger charge is -2.14. The van der Waals surface area contributed by atoms with Crippen LogP contribution in [0.25, 0.3) is 0 Å². The van der Waals surface area contributed by atoms with Gasteiger partial charge in [-0.2, -0.15) is 0 Å². The molecule has 0 saturated heterocycles. The third-order valence-corrected chi connectivity index (χ3v) is 2.77. The smallest absolute Gasteiger partial charge is 0.139 e. The fourth-order valence-electron chi connectivity index (χ4n) is 1.79. The van der Waals surface area contributed by atoms with Crippen molar-refractivity contribution in [1.29, 1.82) is 0 Å². The van der Waals surface area contributed by atoms with E-state index in [0.29, 0.717) is 23.5 Å². The molecule has 0 fully saturated rings. The molecule has 1 atom stereocenters. The lowest BCUT2D eigenvalue weighted by atomic mass is 10.1. The SMILES string of the molecule is CCCC(O)c1cncnc1Nc1ccc(F)cc1. The van der Waals surface area contributed by atoms with Crippen molar-refractivity contribution in [2.45, 2.75) is 25.9 Å². The van der Waals surface area contributed by atoms with E-state index in [-0.39, 0.29) is 5.82 Å². The number of hydrogen-bond donors (Lipinski definition) is 2. The molecule has 2 rings (SSSR count). The molecule has 1 aromatic heterocycles. The first-order valence-corrected chi connectivity index (χ1v) is 6.21. The van der Waals surface area contributed by atoms with E-state index in [1.165, 1.54) is 18.5 Å². The number of nitrogens with zero attached hydrogens (tertiary/aromatic N) is 2. The molecule has 0 aliphatic rings.